The number of nitriles is 1. The summed E-state index contributed by atoms with van der Waals surface area (Å²) in [6.45, 7) is 2.25. The normalized spacial score (nSPS) is 12.2. The number of rotatable bonds is 2. The Morgan fingerprint density at radius 2 is 2.12 bits per heavy atom. The van der Waals surface area contributed by atoms with Crippen LogP contribution in [0.5, 0.6) is 0 Å². The molecule has 1 heterocycles. The molecule has 0 spiro atoms. The van der Waals surface area contributed by atoms with E-state index in [0.29, 0.717) is 11.9 Å². The van der Waals surface area contributed by atoms with E-state index in [-0.39, 0.29) is 11.5 Å². The number of fused-ring (bicyclic) bond motifs is 1. The van der Waals surface area contributed by atoms with E-state index in [4.69, 9.17) is 5.26 Å². The lowest BCUT2D eigenvalue weighted by atomic mass is 10.1. The van der Waals surface area contributed by atoms with E-state index in [2.05, 4.69) is 6.07 Å². The van der Waals surface area contributed by atoms with Crippen molar-refractivity contribution in [3.63, 3.8) is 0 Å². The second-order valence-corrected chi connectivity index (χ2v) is 3.89. The number of pyridine rings is 1. The standard InChI is InChI=1S/C13H12N2O/c1-10(8-14)9-15-7-6-11-4-2-3-5-12(11)13(15)16/h2-7,10H,9H2,1H3. The highest BCUT2D eigenvalue weighted by Crippen LogP contribution is 2.08. The predicted octanol–water partition coefficient (Wildman–Crippen LogP) is 2.16. The van der Waals surface area contributed by atoms with Crippen LogP contribution in [0.3, 0.4) is 0 Å². The Balaban J connectivity index is 2.54. The van der Waals surface area contributed by atoms with Gasteiger partial charge in [-0.25, -0.2) is 0 Å². The Kier molecular flexibility index (Phi) is 2.74. The average molecular weight is 212 g/mol. The van der Waals surface area contributed by atoms with E-state index in [9.17, 15) is 4.79 Å². The zero-order valence-corrected chi connectivity index (χ0v) is 9.05. The summed E-state index contributed by atoms with van der Waals surface area (Å²) < 4.78 is 1.59. The van der Waals surface area contributed by atoms with E-state index < -0.39 is 0 Å². The van der Waals surface area contributed by atoms with Crippen molar-refractivity contribution in [2.75, 3.05) is 0 Å². The van der Waals surface area contributed by atoms with Crippen LogP contribution in [0, 0.1) is 17.2 Å². The monoisotopic (exact) mass is 212 g/mol. The van der Waals surface area contributed by atoms with E-state index in [1.54, 1.807) is 10.8 Å². The average Bonchev–Trinajstić information content (AvgIpc) is 2.33. The summed E-state index contributed by atoms with van der Waals surface area (Å²) in [6, 6.07) is 11.5. The Morgan fingerprint density at radius 1 is 1.38 bits per heavy atom. The smallest absolute Gasteiger partial charge is 0.258 e. The van der Waals surface area contributed by atoms with Gasteiger partial charge < -0.3 is 4.57 Å². The minimum absolute atomic E-state index is 0.0276. The van der Waals surface area contributed by atoms with Gasteiger partial charge in [0, 0.05) is 18.1 Å². The van der Waals surface area contributed by atoms with Gasteiger partial charge in [0.15, 0.2) is 0 Å². The number of aromatic nitrogens is 1. The predicted molar refractivity (Wildman–Crippen MR) is 63.0 cm³/mol. The third-order valence-corrected chi connectivity index (χ3v) is 2.58. The van der Waals surface area contributed by atoms with Crippen molar-refractivity contribution in [2.45, 2.75) is 13.5 Å². The molecular weight excluding hydrogens is 200 g/mol. The molecule has 1 aromatic heterocycles. The van der Waals surface area contributed by atoms with E-state index in [0.717, 1.165) is 5.39 Å². The lowest BCUT2D eigenvalue weighted by molar-refractivity contribution is 0.567. The first-order valence-electron chi connectivity index (χ1n) is 5.20. The number of benzene rings is 1. The number of hydrogen-bond acceptors (Lipinski definition) is 2. The van der Waals surface area contributed by atoms with E-state index in [1.165, 1.54) is 0 Å². The summed E-state index contributed by atoms with van der Waals surface area (Å²) >= 11 is 0. The molecule has 0 aliphatic heterocycles. The van der Waals surface area contributed by atoms with Gasteiger partial charge in [-0.05, 0) is 24.4 Å². The summed E-state index contributed by atoms with van der Waals surface area (Å²) in [6.07, 6.45) is 1.75. The number of hydrogen-bond donors (Lipinski definition) is 0. The molecule has 0 N–H and O–H groups in total. The van der Waals surface area contributed by atoms with Crippen LogP contribution in [0.1, 0.15) is 6.92 Å². The third kappa shape index (κ3) is 1.82. The fraction of sp³-hybridized carbons (Fsp3) is 0.231. The molecule has 1 atom stereocenters. The lowest BCUT2D eigenvalue weighted by Crippen LogP contribution is -2.22. The Morgan fingerprint density at radius 3 is 2.88 bits per heavy atom. The van der Waals surface area contributed by atoms with Crippen molar-refractivity contribution in [3.05, 3.63) is 46.9 Å². The van der Waals surface area contributed by atoms with Crippen LogP contribution < -0.4 is 5.56 Å². The van der Waals surface area contributed by atoms with Crippen LogP contribution in [-0.4, -0.2) is 4.57 Å². The molecule has 0 saturated carbocycles. The first kappa shape index (κ1) is 10.4. The van der Waals surface area contributed by atoms with Crippen molar-refractivity contribution < 1.29 is 0 Å². The van der Waals surface area contributed by atoms with Crippen LogP contribution >= 0.6 is 0 Å². The van der Waals surface area contributed by atoms with Crippen LogP contribution in [0.2, 0.25) is 0 Å². The molecule has 80 valence electrons. The van der Waals surface area contributed by atoms with Gasteiger partial charge in [-0.3, -0.25) is 4.79 Å². The van der Waals surface area contributed by atoms with E-state index >= 15 is 0 Å². The summed E-state index contributed by atoms with van der Waals surface area (Å²) in [5.74, 6) is -0.154. The van der Waals surface area contributed by atoms with Crippen molar-refractivity contribution >= 4 is 10.8 Å². The summed E-state index contributed by atoms with van der Waals surface area (Å²) in [4.78, 5) is 12.0. The largest absolute Gasteiger partial charge is 0.314 e. The summed E-state index contributed by atoms with van der Waals surface area (Å²) in [5.41, 5.74) is -0.0276. The zero-order chi connectivity index (χ0) is 11.5. The zero-order valence-electron chi connectivity index (χ0n) is 9.05. The van der Waals surface area contributed by atoms with Gasteiger partial charge >= 0.3 is 0 Å². The first-order chi connectivity index (χ1) is 7.72. The summed E-state index contributed by atoms with van der Waals surface area (Å²) in [7, 11) is 0. The van der Waals surface area contributed by atoms with Gasteiger partial charge in [-0.2, -0.15) is 5.26 Å². The van der Waals surface area contributed by atoms with Crippen LogP contribution in [0.4, 0.5) is 0 Å². The van der Waals surface area contributed by atoms with Crippen molar-refractivity contribution in [2.24, 2.45) is 5.92 Å². The van der Waals surface area contributed by atoms with Crippen molar-refractivity contribution in [3.8, 4) is 6.07 Å². The van der Waals surface area contributed by atoms with Gasteiger partial charge in [0.2, 0.25) is 0 Å². The first-order valence-corrected chi connectivity index (χ1v) is 5.20. The van der Waals surface area contributed by atoms with Crippen LogP contribution in [0.15, 0.2) is 41.3 Å². The van der Waals surface area contributed by atoms with Gasteiger partial charge in [0.25, 0.3) is 5.56 Å². The molecule has 2 aromatic rings. The fourth-order valence-corrected chi connectivity index (χ4v) is 1.71. The Bertz CT molecular complexity index is 607. The molecule has 3 heteroatoms. The van der Waals surface area contributed by atoms with E-state index in [1.807, 2.05) is 37.3 Å². The maximum Gasteiger partial charge on any atom is 0.258 e. The molecule has 0 aliphatic carbocycles. The summed E-state index contributed by atoms with van der Waals surface area (Å²) in [5, 5.41) is 10.4. The molecule has 0 radical (unpaired) electrons. The fourth-order valence-electron chi connectivity index (χ4n) is 1.71. The maximum atomic E-state index is 12.0. The highest BCUT2D eigenvalue weighted by Gasteiger charge is 2.05. The molecule has 0 aliphatic rings. The van der Waals surface area contributed by atoms with Crippen LogP contribution in [-0.2, 0) is 6.54 Å². The third-order valence-electron chi connectivity index (χ3n) is 2.58. The van der Waals surface area contributed by atoms with Gasteiger partial charge in [0.05, 0.1) is 12.0 Å². The molecule has 1 unspecified atom stereocenters. The second-order valence-electron chi connectivity index (χ2n) is 3.89. The second kappa shape index (κ2) is 4.19. The quantitative estimate of drug-likeness (QED) is 0.765. The molecule has 16 heavy (non-hydrogen) atoms. The molecule has 0 fully saturated rings. The topological polar surface area (TPSA) is 45.8 Å². The van der Waals surface area contributed by atoms with Gasteiger partial charge in [0.1, 0.15) is 0 Å². The molecule has 0 amide bonds. The maximum absolute atomic E-state index is 12.0. The van der Waals surface area contributed by atoms with Crippen molar-refractivity contribution in [1.82, 2.24) is 4.57 Å². The van der Waals surface area contributed by atoms with Gasteiger partial charge in [-0.15, -0.1) is 0 Å². The Hall–Kier alpha value is -2.08. The van der Waals surface area contributed by atoms with Gasteiger partial charge in [-0.1, -0.05) is 18.2 Å². The Labute approximate surface area is 93.6 Å². The SMILES string of the molecule is CC(C#N)Cn1ccc2ccccc2c1=O. The highest BCUT2D eigenvalue weighted by molar-refractivity contribution is 5.81. The lowest BCUT2D eigenvalue weighted by Gasteiger charge is -2.07. The molecule has 2 rings (SSSR count). The molecule has 3 nitrogen and oxygen atoms in total. The minimum atomic E-state index is -0.154. The molecule has 0 saturated heterocycles. The van der Waals surface area contributed by atoms with Crippen molar-refractivity contribution in [1.29, 1.82) is 5.26 Å². The van der Waals surface area contributed by atoms with Crippen LogP contribution in [0.25, 0.3) is 10.8 Å². The minimum Gasteiger partial charge on any atom is -0.314 e. The highest BCUT2D eigenvalue weighted by atomic mass is 16.1. The molecule has 0 bridgehead atoms. The molecular formula is C13H12N2O. The number of nitrogens with zero attached hydrogens (tertiary/aromatic N) is 2. The molecule has 1 aromatic carbocycles.